The summed E-state index contributed by atoms with van der Waals surface area (Å²) in [6, 6.07) is 3.18. The molecule has 2 N–H and O–H groups in total. The molecule has 0 unspecified atom stereocenters. The van der Waals surface area contributed by atoms with Gasteiger partial charge < -0.3 is 10.3 Å². The van der Waals surface area contributed by atoms with Gasteiger partial charge in [-0.2, -0.15) is 0 Å². The van der Waals surface area contributed by atoms with Crippen molar-refractivity contribution in [3.63, 3.8) is 0 Å². The number of halogens is 2. The van der Waals surface area contributed by atoms with E-state index in [0.29, 0.717) is 5.82 Å². The first kappa shape index (κ1) is 13.9. The Morgan fingerprint density at radius 1 is 1.25 bits per heavy atom. The topological polar surface area (TPSA) is 74.8 Å². The van der Waals surface area contributed by atoms with Crippen LogP contribution in [0.4, 0.5) is 14.5 Å². The number of nitrogens with one attached hydrogen (secondary N) is 2. The first-order valence-electron chi connectivity index (χ1n) is 5.73. The summed E-state index contributed by atoms with van der Waals surface area (Å²) in [5.74, 6) is -2.42. The monoisotopic (exact) mass is 279 g/mol. The Hall–Kier alpha value is -2.57. The van der Waals surface area contributed by atoms with Crippen molar-refractivity contribution in [1.82, 2.24) is 9.97 Å². The Morgan fingerprint density at radius 3 is 2.40 bits per heavy atom. The van der Waals surface area contributed by atoms with E-state index in [2.05, 4.69) is 9.97 Å². The van der Waals surface area contributed by atoms with Crippen molar-refractivity contribution in [3.05, 3.63) is 57.3 Å². The van der Waals surface area contributed by atoms with E-state index in [1.54, 1.807) is 6.92 Å². The number of aromatic nitrogens is 2. The van der Waals surface area contributed by atoms with Crippen LogP contribution in [0.15, 0.2) is 23.0 Å². The van der Waals surface area contributed by atoms with Gasteiger partial charge in [0.25, 0.3) is 11.5 Å². The Kier molecular flexibility index (Phi) is 3.60. The van der Waals surface area contributed by atoms with Crippen LogP contribution in [0.5, 0.6) is 0 Å². The Morgan fingerprint density at radius 2 is 1.85 bits per heavy atom. The van der Waals surface area contributed by atoms with E-state index >= 15 is 0 Å². The number of H-pyrrole nitrogens is 1. The van der Waals surface area contributed by atoms with Gasteiger partial charge in [-0.3, -0.25) is 9.59 Å². The van der Waals surface area contributed by atoms with Crippen molar-refractivity contribution in [2.75, 3.05) is 5.32 Å². The molecule has 0 spiro atoms. The van der Waals surface area contributed by atoms with Crippen molar-refractivity contribution in [2.45, 2.75) is 13.8 Å². The molecule has 0 atom stereocenters. The maximum absolute atomic E-state index is 13.4. The summed E-state index contributed by atoms with van der Waals surface area (Å²) >= 11 is 0. The molecule has 104 valence electrons. The molecule has 1 amide bonds. The van der Waals surface area contributed by atoms with E-state index in [4.69, 9.17) is 0 Å². The van der Waals surface area contributed by atoms with Crippen LogP contribution in [-0.2, 0) is 0 Å². The van der Waals surface area contributed by atoms with Crippen LogP contribution in [0.2, 0.25) is 0 Å². The molecule has 0 saturated carbocycles. The lowest BCUT2D eigenvalue weighted by Gasteiger charge is -2.08. The zero-order valence-corrected chi connectivity index (χ0v) is 10.8. The molecule has 1 aromatic heterocycles. The molecular weight excluding hydrogens is 268 g/mol. The first-order valence-corrected chi connectivity index (χ1v) is 5.73. The quantitative estimate of drug-likeness (QED) is 0.881. The molecule has 0 saturated heterocycles. The average Bonchev–Trinajstić information content (AvgIpc) is 2.32. The van der Waals surface area contributed by atoms with Crippen LogP contribution in [-0.4, -0.2) is 15.9 Å². The highest BCUT2D eigenvalue weighted by atomic mass is 19.1. The summed E-state index contributed by atoms with van der Waals surface area (Å²) < 4.78 is 26.9. The molecule has 0 aliphatic rings. The highest BCUT2D eigenvalue weighted by molar-refractivity contribution is 6.04. The summed E-state index contributed by atoms with van der Waals surface area (Å²) in [5.41, 5.74) is -1.36. The lowest BCUT2D eigenvalue weighted by Crippen LogP contribution is -2.27. The fourth-order valence-electron chi connectivity index (χ4n) is 1.79. The Bertz CT molecular complexity index is 721. The van der Waals surface area contributed by atoms with E-state index in [1.807, 2.05) is 5.32 Å². The molecule has 1 heterocycles. The van der Waals surface area contributed by atoms with Crippen molar-refractivity contribution >= 4 is 11.6 Å². The fourth-order valence-corrected chi connectivity index (χ4v) is 1.79. The summed E-state index contributed by atoms with van der Waals surface area (Å²) in [6.45, 7) is 3.03. The number of nitrogens with zero attached hydrogens (tertiary/aromatic N) is 1. The van der Waals surface area contributed by atoms with Crippen LogP contribution in [0.3, 0.4) is 0 Å². The molecule has 0 aliphatic heterocycles. The minimum atomic E-state index is -0.924. The Balaban J connectivity index is 2.42. The van der Waals surface area contributed by atoms with Crippen molar-refractivity contribution < 1.29 is 13.6 Å². The van der Waals surface area contributed by atoms with Crippen LogP contribution in [0.1, 0.15) is 21.9 Å². The molecule has 0 bridgehead atoms. The molecule has 1 aromatic carbocycles. The predicted octanol–water partition coefficient (Wildman–Crippen LogP) is 1.92. The molecule has 2 rings (SSSR count). The standard InChI is InChI=1S/C13H11F2N3O2/c1-6-10(12(19)17-7(2)16-6)13(20)18-11-8(14)4-3-5-9(11)15/h3-5H,1-2H3,(H,18,20)(H,16,17,19). The van der Waals surface area contributed by atoms with E-state index in [-0.39, 0.29) is 11.3 Å². The minimum Gasteiger partial charge on any atom is -0.317 e. The first-order chi connectivity index (χ1) is 9.40. The minimum absolute atomic E-state index is 0.181. The molecule has 2 aromatic rings. The van der Waals surface area contributed by atoms with Crippen molar-refractivity contribution in [1.29, 1.82) is 0 Å². The van der Waals surface area contributed by atoms with E-state index in [0.717, 1.165) is 12.1 Å². The SMILES string of the molecule is Cc1nc(C)c(C(=O)Nc2c(F)cccc2F)c(=O)[nH]1. The second-order valence-corrected chi connectivity index (χ2v) is 4.16. The van der Waals surface area contributed by atoms with Gasteiger partial charge in [-0.25, -0.2) is 13.8 Å². The second kappa shape index (κ2) is 5.20. The molecule has 0 aliphatic carbocycles. The lowest BCUT2D eigenvalue weighted by atomic mass is 10.2. The third kappa shape index (κ3) is 2.56. The highest BCUT2D eigenvalue weighted by Gasteiger charge is 2.18. The van der Waals surface area contributed by atoms with Crippen LogP contribution in [0, 0.1) is 25.5 Å². The van der Waals surface area contributed by atoms with Crippen molar-refractivity contribution in [3.8, 4) is 0 Å². The predicted molar refractivity (Wildman–Crippen MR) is 68.6 cm³/mol. The van der Waals surface area contributed by atoms with Crippen LogP contribution >= 0.6 is 0 Å². The number of aryl methyl sites for hydroxylation is 2. The number of para-hydroxylation sites is 1. The zero-order valence-electron chi connectivity index (χ0n) is 10.8. The number of rotatable bonds is 2. The largest absolute Gasteiger partial charge is 0.317 e. The zero-order chi connectivity index (χ0) is 14.9. The highest BCUT2D eigenvalue weighted by Crippen LogP contribution is 2.18. The van der Waals surface area contributed by atoms with Gasteiger partial charge in [0, 0.05) is 0 Å². The van der Waals surface area contributed by atoms with Gasteiger partial charge in [-0.15, -0.1) is 0 Å². The third-order valence-electron chi connectivity index (χ3n) is 2.65. The van der Waals surface area contributed by atoms with Gasteiger partial charge in [-0.05, 0) is 26.0 Å². The van der Waals surface area contributed by atoms with Gasteiger partial charge in [0.05, 0.1) is 5.69 Å². The average molecular weight is 279 g/mol. The number of benzene rings is 1. The summed E-state index contributed by atoms with van der Waals surface area (Å²) in [4.78, 5) is 30.0. The van der Waals surface area contributed by atoms with Gasteiger partial charge >= 0.3 is 0 Å². The maximum Gasteiger partial charge on any atom is 0.264 e. The molecule has 7 heteroatoms. The van der Waals surface area contributed by atoms with E-state index < -0.39 is 28.8 Å². The molecule has 0 fully saturated rings. The van der Waals surface area contributed by atoms with E-state index in [1.165, 1.54) is 13.0 Å². The molecule has 20 heavy (non-hydrogen) atoms. The number of hydrogen-bond donors (Lipinski definition) is 2. The number of carbonyl (C=O) groups excluding carboxylic acids is 1. The maximum atomic E-state index is 13.4. The number of anilines is 1. The molecule has 0 radical (unpaired) electrons. The van der Waals surface area contributed by atoms with Gasteiger partial charge in [0.1, 0.15) is 28.7 Å². The normalized spacial score (nSPS) is 10.4. The fraction of sp³-hybridized carbons (Fsp3) is 0.154. The Labute approximate surface area is 112 Å². The summed E-state index contributed by atoms with van der Waals surface area (Å²) in [6.07, 6.45) is 0. The van der Waals surface area contributed by atoms with Crippen molar-refractivity contribution in [2.24, 2.45) is 0 Å². The van der Waals surface area contributed by atoms with E-state index in [9.17, 15) is 18.4 Å². The van der Waals surface area contributed by atoms with Crippen LogP contribution < -0.4 is 10.9 Å². The second-order valence-electron chi connectivity index (χ2n) is 4.16. The third-order valence-corrected chi connectivity index (χ3v) is 2.65. The van der Waals surface area contributed by atoms with Gasteiger partial charge in [0.15, 0.2) is 0 Å². The molecular formula is C13H11F2N3O2. The smallest absolute Gasteiger partial charge is 0.264 e. The number of amides is 1. The van der Waals surface area contributed by atoms with Gasteiger partial charge in [-0.1, -0.05) is 6.07 Å². The number of hydrogen-bond acceptors (Lipinski definition) is 3. The number of carbonyl (C=O) groups is 1. The summed E-state index contributed by atoms with van der Waals surface area (Å²) in [5, 5.41) is 2.05. The molecule has 5 nitrogen and oxygen atoms in total. The van der Waals surface area contributed by atoms with Crippen LogP contribution in [0.25, 0.3) is 0 Å². The lowest BCUT2D eigenvalue weighted by molar-refractivity contribution is 0.102. The van der Waals surface area contributed by atoms with Gasteiger partial charge in [0.2, 0.25) is 0 Å². The summed E-state index contributed by atoms with van der Waals surface area (Å²) in [7, 11) is 0. The number of aromatic amines is 1.